The summed E-state index contributed by atoms with van der Waals surface area (Å²) < 4.78 is 11.2. The number of rotatable bonds is 8. The van der Waals surface area contributed by atoms with E-state index in [1.165, 1.54) is 0 Å². The number of nitrogens with zero attached hydrogens (tertiary/aromatic N) is 1. The highest BCUT2D eigenvalue weighted by atomic mass is 16.5. The largest absolute Gasteiger partial charge is 0.489 e. The molecule has 3 rings (SSSR count). The Morgan fingerprint density at radius 1 is 1.00 bits per heavy atom. The fourth-order valence-electron chi connectivity index (χ4n) is 2.81. The van der Waals surface area contributed by atoms with Crippen LogP contribution in [0.2, 0.25) is 0 Å². The summed E-state index contributed by atoms with van der Waals surface area (Å²) in [5, 5.41) is 12.1. The van der Waals surface area contributed by atoms with E-state index in [-0.39, 0.29) is 12.5 Å². The highest BCUT2D eigenvalue weighted by Gasteiger charge is 2.09. The van der Waals surface area contributed by atoms with Crippen molar-refractivity contribution >= 4 is 11.6 Å². The number of carbonyl (C=O) groups is 1. The number of carbonyl (C=O) groups excluding carboxylic acids is 1. The van der Waals surface area contributed by atoms with Gasteiger partial charge in [-0.25, -0.2) is 0 Å². The Labute approximate surface area is 170 Å². The van der Waals surface area contributed by atoms with E-state index in [0.29, 0.717) is 35.8 Å². The monoisotopic (exact) mass is 386 g/mol. The minimum Gasteiger partial charge on any atom is -0.489 e. The van der Waals surface area contributed by atoms with Crippen molar-refractivity contribution in [2.45, 2.75) is 20.1 Å². The quantitative estimate of drug-likeness (QED) is 0.596. The summed E-state index contributed by atoms with van der Waals surface area (Å²) in [6.07, 6.45) is 0. The topological polar surface area (TPSA) is 71.3 Å². The van der Waals surface area contributed by atoms with Crippen molar-refractivity contribution in [1.82, 2.24) is 0 Å². The second-order valence-electron chi connectivity index (χ2n) is 6.38. The Morgan fingerprint density at radius 3 is 2.66 bits per heavy atom. The van der Waals surface area contributed by atoms with Gasteiger partial charge in [-0.2, -0.15) is 5.26 Å². The molecule has 0 saturated carbocycles. The van der Waals surface area contributed by atoms with Gasteiger partial charge in [0.05, 0.1) is 18.2 Å². The fourth-order valence-corrected chi connectivity index (χ4v) is 2.81. The number of anilines is 1. The van der Waals surface area contributed by atoms with Gasteiger partial charge in [0.2, 0.25) is 0 Å². The van der Waals surface area contributed by atoms with Crippen molar-refractivity contribution in [2.75, 3.05) is 11.9 Å². The van der Waals surface area contributed by atoms with E-state index in [9.17, 15) is 10.1 Å². The van der Waals surface area contributed by atoms with E-state index in [0.717, 1.165) is 11.1 Å². The average molecular weight is 386 g/mol. The molecule has 5 nitrogen and oxygen atoms in total. The van der Waals surface area contributed by atoms with E-state index >= 15 is 0 Å². The number of benzene rings is 3. The highest BCUT2D eigenvalue weighted by molar-refractivity contribution is 6.04. The molecular weight excluding hydrogens is 364 g/mol. The Bertz CT molecular complexity index is 1020. The van der Waals surface area contributed by atoms with Crippen LogP contribution in [-0.4, -0.2) is 12.5 Å². The third-order valence-corrected chi connectivity index (χ3v) is 4.29. The molecule has 146 valence electrons. The first kappa shape index (κ1) is 20.1. The van der Waals surface area contributed by atoms with Crippen molar-refractivity contribution in [3.05, 3.63) is 95.1 Å². The van der Waals surface area contributed by atoms with Gasteiger partial charge in [-0.05, 0) is 48.9 Å². The fraction of sp³-hybridized carbons (Fsp3) is 0.167. The lowest BCUT2D eigenvalue weighted by molar-refractivity contribution is 0.102. The van der Waals surface area contributed by atoms with Gasteiger partial charge in [0.15, 0.2) is 0 Å². The van der Waals surface area contributed by atoms with Gasteiger partial charge < -0.3 is 14.8 Å². The van der Waals surface area contributed by atoms with Crippen molar-refractivity contribution < 1.29 is 14.3 Å². The molecule has 3 aromatic rings. The summed E-state index contributed by atoms with van der Waals surface area (Å²) in [6, 6.07) is 24.0. The Balaban J connectivity index is 1.66. The summed E-state index contributed by atoms with van der Waals surface area (Å²) in [4.78, 5) is 12.6. The molecule has 0 spiro atoms. The second-order valence-corrected chi connectivity index (χ2v) is 6.38. The van der Waals surface area contributed by atoms with Crippen LogP contribution in [0, 0.1) is 11.3 Å². The van der Waals surface area contributed by atoms with E-state index in [4.69, 9.17) is 9.47 Å². The van der Waals surface area contributed by atoms with Crippen LogP contribution in [0.5, 0.6) is 5.75 Å². The molecule has 0 aliphatic carbocycles. The number of ether oxygens (including phenoxy) is 2. The zero-order valence-electron chi connectivity index (χ0n) is 16.2. The molecule has 0 atom stereocenters. The van der Waals surface area contributed by atoms with Crippen LogP contribution < -0.4 is 10.1 Å². The molecule has 3 aromatic carbocycles. The number of nitriles is 1. The normalized spacial score (nSPS) is 10.2. The Kier molecular flexibility index (Phi) is 6.99. The average Bonchev–Trinajstić information content (AvgIpc) is 2.77. The van der Waals surface area contributed by atoms with Crippen LogP contribution in [0.25, 0.3) is 0 Å². The summed E-state index contributed by atoms with van der Waals surface area (Å²) in [7, 11) is 0. The van der Waals surface area contributed by atoms with Crippen LogP contribution in [-0.2, 0) is 18.0 Å². The zero-order chi connectivity index (χ0) is 20.5. The molecule has 0 aliphatic heterocycles. The van der Waals surface area contributed by atoms with Gasteiger partial charge in [0.25, 0.3) is 5.91 Å². The number of hydrogen-bond donors (Lipinski definition) is 1. The molecular formula is C24H22N2O3. The van der Waals surface area contributed by atoms with Gasteiger partial charge in [-0.1, -0.05) is 36.4 Å². The van der Waals surface area contributed by atoms with Crippen LogP contribution in [0.15, 0.2) is 72.8 Å². The molecule has 1 N–H and O–H groups in total. The second kappa shape index (κ2) is 10.1. The predicted octanol–water partition coefficient (Wildman–Crippen LogP) is 4.93. The van der Waals surface area contributed by atoms with Crippen molar-refractivity contribution in [3.63, 3.8) is 0 Å². The van der Waals surface area contributed by atoms with Crippen molar-refractivity contribution in [2.24, 2.45) is 0 Å². The minimum atomic E-state index is -0.221. The number of amides is 1. The van der Waals surface area contributed by atoms with E-state index in [2.05, 4.69) is 11.4 Å². The molecule has 0 radical (unpaired) electrons. The van der Waals surface area contributed by atoms with Crippen LogP contribution in [0.4, 0.5) is 5.69 Å². The van der Waals surface area contributed by atoms with Crippen LogP contribution in [0.1, 0.15) is 34.0 Å². The standard InChI is InChI=1S/C24H22N2O3/c1-2-28-16-18-7-5-11-22(13-18)26-24(27)19-10-6-12-23(14-19)29-17-21-9-4-3-8-20(21)15-25/h3-14H,2,16-17H2,1H3,(H,26,27). The van der Waals surface area contributed by atoms with Crippen LogP contribution >= 0.6 is 0 Å². The zero-order valence-corrected chi connectivity index (χ0v) is 16.2. The van der Waals surface area contributed by atoms with Gasteiger partial charge in [-0.3, -0.25) is 4.79 Å². The summed E-state index contributed by atoms with van der Waals surface area (Å²) in [6.45, 7) is 3.35. The highest BCUT2D eigenvalue weighted by Crippen LogP contribution is 2.18. The maximum atomic E-state index is 12.6. The lowest BCUT2D eigenvalue weighted by Gasteiger charge is -2.10. The molecule has 0 heterocycles. The molecule has 0 unspecified atom stereocenters. The maximum Gasteiger partial charge on any atom is 0.255 e. The smallest absolute Gasteiger partial charge is 0.255 e. The van der Waals surface area contributed by atoms with Crippen molar-refractivity contribution in [1.29, 1.82) is 5.26 Å². The lowest BCUT2D eigenvalue weighted by atomic mass is 10.1. The third-order valence-electron chi connectivity index (χ3n) is 4.29. The Morgan fingerprint density at radius 2 is 1.83 bits per heavy atom. The third kappa shape index (κ3) is 5.68. The van der Waals surface area contributed by atoms with Gasteiger partial charge in [-0.15, -0.1) is 0 Å². The lowest BCUT2D eigenvalue weighted by Crippen LogP contribution is -2.12. The van der Waals surface area contributed by atoms with Gasteiger partial charge in [0, 0.05) is 23.4 Å². The number of nitrogens with one attached hydrogen (secondary N) is 1. The predicted molar refractivity (Wildman–Crippen MR) is 112 cm³/mol. The molecule has 29 heavy (non-hydrogen) atoms. The van der Waals surface area contributed by atoms with Gasteiger partial charge >= 0.3 is 0 Å². The van der Waals surface area contributed by atoms with E-state index < -0.39 is 0 Å². The maximum absolute atomic E-state index is 12.6. The SMILES string of the molecule is CCOCc1cccc(NC(=O)c2cccc(OCc3ccccc3C#N)c2)c1. The molecule has 0 saturated heterocycles. The summed E-state index contributed by atoms with van der Waals surface area (Å²) >= 11 is 0. The first-order chi connectivity index (χ1) is 14.2. The first-order valence-corrected chi connectivity index (χ1v) is 9.38. The molecule has 0 fully saturated rings. The first-order valence-electron chi connectivity index (χ1n) is 9.38. The van der Waals surface area contributed by atoms with E-state index in [1.54, 1.807) is 30.3 Å². The molecule has 0 aliphatic rings. The molecule has 1 amide bonds. The number of hydrogen-bond acceptors (Lipinski definition) is 4. The summed E-state index contributed by atoms with van der Waals surface area (Å²) in [5.41, 5.74) is 3.58. The Hall–Kier alpha value is -3.62. The van der Waals surface area contributed by atoms with Crippen LogP contribution in [0.3, 0.4) is 0 Å². The van der Waals surface area contributed by atoms with Crippen molar-refractivity contribution in [3.8, 4) is 11.8 Å². The molecule has 0 bridgehead atoms. The summed E-state index contributed by atoms with van der Waals surface area (Å²) in [5.74, 6) is 0.344. The molecule has 0 aromatic heterocycles. The van der Waals surface area contributed by atoms with Gasteiger partial charge in [0.1, 0.15) is 12.4 Å². The molecule has 5 heteroatoms. The van der Waals surface area contributed by atoms with E-state index in [1.807, 2.05) is 49.4 Å². The minimum absolute atomic E-state index is 0.221.